The molecule has 3 aromatic carbocycles. The number of carbonyl (C=O) groups excluding carboxylic acids is 1. The number of carboxylic acid groups (broad SMARTS) is 1. The first kappa shape index (κ1) is 34.2. The third kappa shape index (κ3) is 7.72. The highest BCUT2D eigenvalue weighted by molar-refractivity contribution is 5.94. The van der Waals surface area contributed by atoms with Gasteiger partial charge in [-0.25, -0.2) is 0 Å². The number of carboxylic acids is 1. The Hall–Kier alpha value is -4.12. The van der Waals surface area contributed by atoms with E-state index >= 15 is 0 Å². The van der Waals surface area contributed by atoms with Crippen LogP contribution in [-0.4, -0.2) is 75.3 Å². The Labute approximate surface area is 276 Å². The molecule has 10 nitrogen and oxygen atoms in total. The standard InChI is InChI=1S/C37H46N2O8/c1-6-25-18-23(3)19-26(7-2)34(25)38-32(40)21-39-20-30(29-12-13-31-36(24(29)4)47-22-46-31)33(37(41)42)35(39)27-8-10-28(11-9-27)45-17-16-44-15-14-43-5/h8-13,18-19,30,33,35H,6-7,14-17,20-22H2,1-5H3,(H,38,40)(H,41,42)/t30-,33?,35+/m1/s1. The Kier molecular flexibility index (Phi) is 11.4. The van der Waals surface area contributed by atoms with Crippen molar-refractivity contribution in [3.63, 3.8) is 0 Å². The Morgan fingerprint density at radius 1 is 0.957 bits per heavy atom. The molecule has 0 aromatic heterocycles. The Balaban J connectivity index is 1.43. The number of rotatable bonds is 15. The van der Waals surface area contributed by atoms with Gasteiger partial charge in [0.25, 0.3) is 0 Å². The normalized spacial score (nSPS) is 18.8. The molecule has 3 atom stereocenters. The fraction of sp³-hybridized carbons (Fsp3) is 0.459. The first-order chi connectivity index (χ1) is 22.7. The molecule has 0 saturated carbocycles. The summed E-state index contributed by atoms with van der Waals surface area (Å²) in [7, 11) is 1.63. The molecule has 0 bridgehead atoms. The number of hydrogen-bond acceptors (Lipinski definition) is 8. The van der Waals surface area contributed by atoms with Crippen molar-refractivity contribution in [3.05, 3.63) is 81.9 Å². The molecule has 1 fully saturated rings. The number of hydrogen-bond donors (Lipinski definition) is 2. The van der Waals surface area contributed by atoms with Crippen molar-refractivity contribution in [1.29, 1.82) is 0 Å². The van der Waals surface area contributed by atoms with Gasteiger partial charge in [-0.05, 0) is 72.7 Å². The number of anilines is 1. The van der Waals surface area contributed by atoms with E-state index in [2.05, 4.69) is 38.2 Å². The maximum Gasteiger partial charge on any atom is 0.309 e. The van der Waals surface area contributed by atoms with Gasteiger partial charge in [0.05, 0.1) is 32.3 Å². The molecule has 252 valence electrons. The third-order valence-corrected chi connectivity index (χ3v) is 9.08. The summed E-state index contributed by atoms with van der Waals surface area (Å²) in [4.78, 5) is 28.9. The lowest BCUT2D eigenvalue weighted by Gasteiger charge is -2.27. The Morgan fingerprint density at radius 3 is 2.32 bits per heavy atom. The number of benzene rings is 3. The monoisotopic (exact) mass is 646 g/mol. The van der Waals surface area contributed by atoms with E-state index < -0.39 is 23.8 Å². The van der Waals surface area contributed by atoms with Crippen molar-refractivity contribution in [2.75, 3.05) is 58.7 Å². The van der Waals surface area contributed by atoms with Crippen LogP contribution in [0.5, 0.6) is 17.2 Å². The molecule has 0 radical (unpaired) electrons. The van der Waals surface area contributed by atoms with Crippen molar-refractivity contribution in [2.24, 2.45) is 5.92 Å². The number of amides is 1. The molecule has 2 heterocycles. The van der Waals surface area contributed by atoms with Gasteiger partial charge in [-0.3, -0.25) is 14.5 Å². The molecular formula is C37H46N2O8. The van der Waals surface area contributed by atoms with Crippen LogP contribution in [0.4, 0.5) is 5.69 Å². The highest BCUT2D eigenvalue weighted by Gasteiger charge is 2.48. The van der Waals surface area contributed by atoms with Crippen LogP contribution >= 0.6 is 0 Å². The van der Waals surface area contributed by atoms with Gasteiger partial charge in [0.1, 0.15) is 12.4 Å². The van der Waals surface area contributed by atoms with Crippen molar-refractivity contribution in [2.45, 2.75) is 52.5 Å². The van der Waals surface area contributed by atoms with Crippen LogP contribution in [0.25, 0.3) is 0 Å². The lowest BCUT2D eigenvalue weighted by atomic mass is 9.81. The van der Waals surface area contributed by atoms with Gasteiger partial charge in [0, 0.05) is 31.3 Å². The number of nitrogens with one attached hydrogen (secondary N) is 1. The van der Waals surface area contributed by atoms with Gasteiger partial charge in [-0.1, -0.05) is 49.7 Å². The van der Waals surface area contributed by atoms with E-state index in [1.54, 1.807) is 7.11 Å². The van der Waals surface area contributed by atoms with Gasteiger partial charge in [-0.2, -0.15) is 0 Å². The highest BCUT2D eigenvalue weighted by atomic mass is 16.7. The number of nitrogens with zero attached hydrogens (tertiary/aromatic N) is 1. The topological polar surface area (TPSA) is 116 Å². The molecule has 5 rings (SSSR count). The minimum Gasteiger partial charge on any atom is -0.491 e. The second-order valence-corrected chi connectivity index (χ2v) is 12.1. The number of likely N-dealkylation sites (tertiary alicyclic amines) is 1. The van der Waals surface area contributed by atoms with Gasteiger partial charge < -0.3 is 34.1 Å². The summed E-state index contributed by atoms with van der Waals surface area (Å²) in [6.07, 6.45) is 1.58. The average Bonchev–Trinajstić information content (AvgIpc) is 3.69. The van der Waals surface area contributed by atoms with E-state index in [4.69, 9.17) is 23.7 Å². The van der Waals surface area contributed by atoms with Gasteiger partial charge in [-0.15, -0.1) is 0 Å². The van der Waals surface area contributed by atoms with Crippen molar-refractivity contribution < 1.29 is 38.4 Å². The quantitative estimate of drug-likeness (QED) is 0.201. The molecule has 2 aliphatic rings. The minimum atomic E-state index is -0.923. The van der Waals surface area contributed by atoms with Crippen LogP contribution in [0.2, 0.25) is 0 Å². The fourth-order valence-electron chi connectivity index (χ4n) is 6.88. The zero-order valence-corrected chi connectivity index (χ0v) is 28.0. The molecule has 1 amide bonds. The van der Waals surface area contributed by atoms with Crippen LogP contribution in [0.15, 0.2) is 48.5 Å². The van der Waals surface area contributed by atoms with Crippen LogP contribution in [-0.2, 0) is 31.9 Å². The summed E-state index contributed by atoms with van der Waals surface area (Å²) in [5.74, 6) is -0.361. The van der Waals surface area contributed by atoms with Crippen LogP contribution in [0, 0.1) is 19.8 Å². The van der Waals surface area contributed by atoms with E-state index in [0.717, 1.165) is 51.9 Å². The zero-order valence-electron chi connectivity index (χ0n) is 28.0. The van der Waals surface area contributed by atoms with E-state index in [1.807, 2.05) is 48.2 Å². The van der Waals surface area contributed by atoms with Crippen molar-refractivity contribution in [3.8, 4) is 17.2 Å². The molecule has 2 aliphatic heterocycles. The lowest BCUT2D eigenvalue weighted by molar-refractivity contribution is -0.143. The predicted octanol–water partition coefficient (Wildman–Crippen LogP) is 5.68. The average molecular weight is 647 g/mol. The predicted molar refractivity (Wildman–Crippen MR) is 179 cm³/mol. The van der Waals surface area contributed by atoms with Crippen LogP contribution in [0.1, 0.15) is 59.2 Å². The first-order valence-electron chi connectivity index (χ1n) is 16.3. The number of ether oxygens (including phenoxy) is 5. The van der Waals surface area contributed by atoms with Crippen molar-refractivity contribution >= 4 is 17.6 Å². The van der Waals surface area contributed by atoms with E-state index in [0.29, 0.717) is 50.2 Å². The summed E-state index contributed by atoms with van der Waals surface area (Å²) in [6, 6.07) is 14.9. The van der Waals surface area contributed by atoms with Gasteiger partial charge in [0.2, 0.25) is 12.7 Å². The summed E-state index contributed by atoms with van der Waals surface area (Å²) in [6.45, 7) is 10.5. The molecule has 0 aliphatic carbocycles. The van der Waals surface area contributed by atoms with Crippen molar-refractivity contribution in [1.82, 2.24) is 4.90 Å². The molecule has 1 saturated heterocycles. The van der Waals surface area contributed by atoms with E-state index in [1.165, 1.54) is 0 Å². The molecular weight excluding hydrogens is 600 g/mol. The largest absolute Gasteiger partial charge is 0.491 e. The zero-order chi connectivity index (χ0) is 33.5. The Bertz CT molecular complexity index is 1530. The maximum atomic E-state index is 13.8. The van der Waals surface area contributed by atoms with Gasteiger partial charge in [0.15, 0.2) is 11.5 Å². The second-order valence-electron chi connectivity index (χ2n) is 12.1. The van der Waals surface area contributed by atoms with Crippen LogP contribution < -0.4 is 19.5 Å². The molecule has 47 heavy (non-hydrogen) atoms. The molecule has 0 spiro atoms. The summed E-state index contributed by atoms with van der Waals surface area (Å²) in [5.41, 5.74) is 6.73. The Morgan fingerprint density at radius 2 is 1.66 bits per heavy atom. The summed E-state index contributed by atoms with van der Waals surface area (Å²) < 4.78 is 27.6. The third-order valence-electron chi connectivity index (χ3n) is 9.08. The number of aryl methyl sites for hydroxylation is 3. The lowest BCUT2D eigenvalue weighted by Crippen LogP contribution is -2.35. The smallest absolute Gasteiger partial charge is 0.309 e. The fourth-order valence-corrected chi connectivity index (χ4v) is 6.88. The number of methoxy groups -OCH3 is 1. The second kappa shape index (κ2) is 15.6. The maximum absolute atomic E-state index is 13.8. The molecule has 3 aromatic rings. The molecule has 10 heteroatoms. The SMILES string of the molecule is CCc1cc(C)cc(CC)c1NC(=O)CN1C[C@H](c2ccc3c(c2C)OCO3)C(C(=O)O)[C@@H]1c1ccc(OCCOCCOC)cc1. The van der Waals surface area contributed by atoms with E-state index in [-0.39, 0.29) is 19.2 Å². The van der Waals surface area contributed by atoms with E-state index in [9.17, 15) is 14.7 Å². The summed E-state index contributed by atoms with van der Waals surface area (Å²) >= 11 is 0. The highest BCUT2D eigenvalue weighted by Crippen LogP contribution is 2.49. The number of fused-ring (bicyclic) bond motifs is 1. The number of carbonyl (C=O) groups is 2. The first-order valence-corrected chi connectivity index (χ1v) is 16.3. The summed E-state index contributed by atoms with van der Waals surface area (Å²) in [5, 5.41) is 13.9. The number of aliphatic carboxylic acids is 1. The van der Waals surface area contributed by atoms with Crippen LogP contribution in [0.3, 0.4) is 0 Å². The molecule has 1 unspecified atom stereocenters. The minimum absolute atomic E-state index is 0.0335. The van der Waals surface area contributed by atoms with Gasteiger partial charge >= 0.3 is 5.97 Å². The molecule has 2 N–H and O–H groups in total.